The normalized spacial score (nSPS) is 12.3. The average Bonchev–Trinajstić information content (AvgIpc) is 3.45. The van der Waals surface area contributed by atoms with Crippen molar-refractivity contribution in [2.45, 2.75) is 412 Å². The third kappa shape index (κ3) is 68.5. The molecule has 0 amide bonds. The summed E-state index contributed by atoms with van der Waals surface area (Å²) in [5.41, 5.74) is 0. The molecule has 5 nitrogen and oxygen atoms in total. The Kier molecular flexibility index (Phi) is 68.7. The lowest BCUT2D eigenvalue weighted by molar-refractivity contribution is -0.161. The zero-order chi connectivity index (χ0) is 56.9. The lowest BCUT2D eigenvalue weighted by Gasteiger charge is -2.15. The van der Waals surface area contributed by atoms with Gasteiger partial charge in [-0.25, -0.2) is 0 Å². The Morgan fingerprint density at radius 3 is 0.759 bits per heavy atom. The van der Waals surface area contributed by atoms with E-state index >= 15 is 0 Å². The van der Waals surface area contributed by atoms with Crippen molar-refractivity contribution in [1.82, 2.24) is 0 Å². The summed E-state index contributed by atoms with van der Waals surface area (Å²) in [5, 5.41) is 9.71. The van der Waals surface area contributed by atoms with Crippen molar-refractivity contribution in [3.63, 3.8) is 0 Å². The molecule has 0 bridgehead atoms. The van der Waals surface area contributed by atoms with Crippen LogP contribution >= 0.6 is 0 Å². The van der Waals surface area contributed by atoms with Crippen molar-refractivity contribution in [3.8, 4) is 0 Å². The van der Waals surface area contributed by atoms with E-state index in [9.17, 15) is 14.7 Å². The first-order chi connectivity index (χ1) is 39.1. The summed E-state index contributed by atoms with van der Waals surface area (Å²) in [5.74, 6) is -0.563. The number of ether oxygens (including phenoxy) is 2. The number of hydrogen-bond donors (Lipinski definition) is 1. The van der Waals surface area contributed by atoms with Crippen molar-refractivity contribution >= 4 is 11.9 Å². The summed E-state index contributed by atoms with van der Waals surface area (Å²) in [6, 6.07) is 0. The highest BCUT2D eigenvalue weighted by atomic mass is 16.6. The van der Waals surface area contributed by atoms with Gasteiger partial charge < -0.3 is 14.6 Å². The van der Waals surface area contributed by atoms with Gasteiger partial charge in [0.1, 0.15) is 6.61 Å². The molecule has 0 aliphatic carbocycles. The van der Waals surface area contributed by atoms with Gasteiger partial charge in [0.2, 0.25) is 0 Å². The van der Waals surface area contributed by atoms with E-state index in [-0.39, 0.29) is 25.2 Å². The smallest absolute Gasteiger partial charge is 0.306 e. The number of carbonyl (C=O) groups is 2. The maximum Gasteiger partial charge on any atom is 0.306 e. The fraction of sp³-hybridized carbons (Fsp3) is 0.892. The Morgan fingerprint density at radius 1 is 0.291 bits per heavy atom. The molecule has 0 rings (SSSR count). The molecule has 0 aliphatic heterocycles. The molecule has 0 spiro atoms. The van der Waals surface area contributed by atoms with Crippen LogP contribution in [0.15, 0.2) is 36.5 Å². The predicted molar refractivity (Wildman–Crippen MR) is 348 cm³/mol. The van der Waals surface area contributed by atoms with E-state index in [2.05, 4.69) is 50.3 Å². The summed E-state index contributed by atoms with van der Waals surface area (Å²) in [6.07, 6.45) is 93.4. The van der Waals surface area contributed by atoms with E-state index in [4.69, 9.17) is 9.47 Å². The average molecular weight is 1110 g/mol. The molecular formula is C74H140O5. The maximum atomic E-state index is 12.4. The van der Waals surface area contributed by atoms with Crippen LogP contribution in [0.5, 0.6) is 0 Å². The van der Waals surface area contributed by atoms with Crippen LogP contribution in [-0.2, 0) is 19.1 Å². The minimum atomic E-state index is -0.769. The molecule has 5 heteroatoms. The zero-order valence-corrected chi connectivity index (χ0v) is 53.7. The number of hydrogen-bond acceptors (Lipinski definition) is 5. The van der Waals surface area contributed by atoms with Crippen molar-refractivity contribution in [2.75, 3.05) is 13.2 Å². The number of rotatable bonds is 68. The summed E-state index contributed by atoms with van der Waals surface area (Å²) >= 11 is 0. The van der Waals surface area contributed by atoms with Gasteiger partial charge in [-0.3, -0.25) is 9.59 Å². The molecule has 0 radical (unpaired) electrons. The Labute approximate surface area is 495 Å². The summed E-state index contributed by atoms with van der Waals surface area (Å²) in [4.78, 5) is 24.7. The van der Waals surface area contributed by atoms with Crippen molar-refractivity contribution < 1.29 is 24.2 Å². The van der Waals surface area contributed by atoms with E-state index in [1.54, 1.807) is 0 Å². The largest absolute Gasteiger partial charge is 0.462 e. The van der Waals surface area contributed by atoms with Crippen LogP contribution < -0.4 is 0 Å². The molecule has 1 atom stereocenters. The van der Waals surface area contributed by atoms with E-state index in [1.165, 1.54) is 334 Å². The van der Waals surface area contributed by atoms with Gasteiger partial charge in [0.05, 0.1) is 6.61 Å². The Morgan fingerprint density at radius 2 is 0.506 bits per heavy atom. The summed E-state index contributed by atoms with van der Waals surface area (Å²) in [6.45, 7) is 4.20. The number of esters is 2. The second kappa shape index (κ2) is 70.4. The van der Waals surface area contributed by atoms with Crippen LogP contribution in [0.3, 0.4) is 0 Å². The van der Waals surface area contributed by atoms with Gasteiger partial charge in [-0.1, -0.05) is 378 Å². The second-order valence-corrected chi connectivity index (χ2v) is 24.7. The number of carbonyl (C=O) groups excluding carboxylic acids is 2. The van der Waals surface area contributed by atoms with E-state index < -0.39 is 6.10 Å². The van der Waals surface area contributed by atoms with Gasteiger partial charge in [0.15, 0.2) is 6.10 Å². The van der Waals surface area contributed by atoms with Crippen LogP contribution in [0.4, 0.5) is 0 Å². The Bertz CT molecular complexity index is 1260. The number of allylic oxidation sites excluding steroid dienone is 6. The van der Waals surface area contributed by atoms with Crippen LogP contribution in [0.1, 0.15) is 406 Å². The van der Waals surface area contributed by atoms with E-state index in [0.29, 0.717) is 12.8 Å². The number of aliphatic hydroxyl groups excluding tert-OH is 1. The number of unbranched alkanes of at least 4 members (excludes halogenated alkanes) is 54. The molecule has 0 aromatic rings. The van der Waals surface area contributed by atoms with E-state index in [0.717, 1.165) is 44.9 Å². The third-order valence-corrected chi connectivity index (χ3v) is 16.7. The topological polar surface area (TPSA) is 72.8 Å². The summed E-state index contributed by atoms with van der Waals surface area (Å²) < 4.78 is 10.8. The quantitative estimate of drug-likeness (QED) is 0.0373. The maximum absolute atomic E-state index is 12.4. The van der Waals surface area contributed by atoms with Crippen LogP contribution in [-0.4, -0.2) is 36.4 Å². The van der Waals surface area contributed by atoms with Crippen LogP contribution in [0.2, 0.25) is 0 Å². The van der Waals surface area contributed by atoms with Gasteiger partial charge in [-0.15, -0.1) is 0 Å². The first kappa shape index (κ1) is 77.1. The van der Waals surface area contributed by atoms with Crippen molar-refractivity contribution in [2.24, 2.45) is 0 Å². The molecule has 1 unspecified atom stereocenters. The molecule has 1 N–H and O–H groups in total. The minimum absolute atomic E-state index is 0.0581. The lowest BCUT2D eigenvalue weighted by Crippen LogP contribution is -2.28. The highest BCUT2D eigenvalue weighted by Crippen LogP contribution is 2.19. The lowest BCUT2D eigenvalue weighted by atomic mass is 10.0. The van der Waals surface area contributed by atoms with E-state index in [1.807, 2.05) is 0 Å². The molecule has 466 valence electrons. The molecule has 79 heavy (non-hydrogen) atoms. The van der Waals surface area contributed by atoms with Crippen molar-refractivity contribution in [1.29, 1.82) is 0 Å². The zero-order valence-electron chi connectivity index (χ0n) is 53.7. The third-order valence-electron chi connectivity index (χ3n) is 16.7. The molecule has 0 aromatic carbocycles. The van der Waals surface area contributed by atoms with Gasteiger partial charge >= 0.3 is 11.9 Å². The summed E-state index contributed by atoms with van der Waals surface area (Å²) in [7, 11) is 0. The first-order valence-electron chi connectivity index (χ1n) is 36.0. The van der Waals surface area contributed by atoms with Crippen LogP contribution in [0, 0.1) is 0 Å². The fourth-order valence-corrected chi connectivity index (χ4v) is 11.3. The molecule has 0 saturated carbocycles. The highest BCUT2D eigenvalue weighted by molar-refractivity contribution is 5.70. The monoisotopic (exact) mass is 1110 g/mol. The Balaban J connectivity index is 3.38. The minimum Gasteiger partial charge on any atom is -0.462 e. The van der Waals surface area contributed by atoms with Gasteiger partial charge in [0.25, 0.3) is 0 Å². The van der Waals surface area contributed by atoms with Gasteiger partial charge in [0, 0.05) is 12.8 Å². The fourth-order valence-electron chi connectivity index (χ4n) is 11.3. The predicted octanol–water partition coefficient (Wildman–Crippen LogP) is 24.9. The molecule has 0 fully saturated rings. The van der Waals surface area contributed by atoms with Gasteiger partial charge in [-0.2, -0.15) is 0 Å². The molecular weight excluding hydrogens is 969 g/mol. The SMILES string of the molecule is CCCCCCC/C=C\C/C=C\C/C=C\CCCCCCCCCCCCCCCCCCCCCCCCC(=O)OC(CO)COC(=O)CCCCCCCCCCCCCCCCCCCCCCCCCCCCCC. The van der Waals surface area contributed by atoms with Crippen molar-refractivity contribution in [3.05, 3.63) is 36.5 Å². The second-order valence-electron chi connectivity index (χ2n) is 24.7. The Hall–Kier alpha value is -1.88. The van der Waals surface area contributed by atoms with Crippen LogP contribution in [0.25, 0.3) is 0 Å². The number of aliphatic hydroxyl groups is 1. The molecule has 0 heterocycles. The van der Waals surface area contributed by atoms with Gasteiger partial charge in [-0.05, 0) is 51.4 Å². The first-order valence-corrected chi connectivity index (χ1v) is 36.0. The molecule has 0 aliphatic rings. The molecule has 0 saturated heterocycles. The standard InChI is InChI=1S/C74H140O5/c1-3-5-7-9-11-13-15-17-19-21-23-25-27-29-31-33-34-35-36-37-38-39-40-41-43-45-47-49-51-53-55-57-59-61-63-65-67-69-74(77)79-72(70-75)71-78-73(76)68-66-64-62-60-58-56-54-52-50-48-46-44-42-32-30-28-26-24-22-20-18-16-14-12-10-8-6-4-2/h15,17,21,23,27,29,72,75H,3-14,16,18-20,22,24-26,28,30-71H2,1-2H3/b17-15-,23-21-,29-27-. The highest BCUT2D eigenvalue weighted by Gasteiger charge is 2.16. The molecule has 0 aromatic heterocycles.